The molecule has 116 valence electrons. The summed E-state index contributed by atoms with van der Waals surface area (Å²) >= 11 is 0. The number of rotatable bonds is 6. The van der Waals surface area contributed by atoms with E-state index in [-0.39, 0.29) is 18.6 Å². The minimum atomic E-state index is 0.221. The van der Waals surface area contributed by atoms with Gasteiger partial charge in [-0.15, -0.1) is 0 Å². The van der Waals surface area contributed by atoms with Crippen LogP contribution in [0.4, 0.5) is 11.8 Å². The van der Waals surface area contributed by atoms with Gasteiger partial charge in [0.15, 0.2) is 17.0 Å². The number of nitrogens with two attached hydrogens (primary N) is 1. The van der Waals surface area contributed by atoms with Gasteiger partial charge in [0, 0.05) is 26.7 Å². The quantitative estimate of drug-likeness (QED) is 0.837. The fourth-order valence-electron chi connectivity index (χ4n) is 2.59. The summed E-state index contributed by atoms with van der Waals surface area (Å²) in [6, 6.07) is 0.237. The van der Waals surface area contributed by atoms with Crippen LogP contribution in [0.15, 0.2) is 6.33 Å². The summed E-state index contributed by atoms with van der Waals surface area (Å²) in [5.74, 6) is 1.42. The summed E-state index contributed by atoms with van der Waals surface area (Å²) in [7, 11) is 3.82. The molecule has 0 radical (unpaired) electrons. The van der Waals surface area contributed by atoms with Gasteiger partial charge in [-0.1, -0.05) is 6.92 Å². The molecule has 2 aromatic rings. The summed E-state index contributed by atoms with van der Waals surface area (Å²) in [6.45, 7) is 4.49. The molecule has 0 bridgehead atoms. The normalized spacial score (nSPS) is 14.3. The van der Waals surface area contributed by atoms with Crippen LogP contribution in [-0.2, 0) is 0 Å². The molecule has 21 heavy (non-hydrogen) atoms. The Morgan fingerprint density at radius 2 is 2.05 bits per heavy atom. The van der Waals surface area contributed by atoms with E-state index in [1.807, 2.05) is 23.6 Å². The average Bonchev–Trinajstić information content (AvgIpc) is 2.81. The van der Waals surface area contributed by atoms with Gasteiger partial charge in [0.05, 0.1) is 6.33 Å². The molecule has 7 heteroatoms. The third kappa shape index (κ3) is 3.24. The van der Waals surface area contributed by atoms with Gasteiger partial charge in [-0.25, -0.2) is 4.98 Å². The SMILES string of the molecule is C[C@H](CCO)C[C@@H](C)n1cnc2c(N(C)C)nc(N)nc21. The fourth-order valence-corrected chi connectivity index (χ4v) is 2.59. The molecule has 0 spiro atoms. The van der Waals surface area contributed by atoms with Crippen molar-refractivity contribution in [2.24, 2.45) is 5.92 Å². The van der Waals surface area contributed by atoms with E-state index >= 15 is 0 Å². The highest BCUT2D eigenvalue weighted by molar-refractivity contribution is 5.84. The molecule has 0 unspecified atom stereocenters. The standard InChI is InChI=1S/C14H24N6O/c1-9(5-6-21)7-10(2)20-8-16-11-12(19(3)4)17-14(15)18-13(11)20/h8-10,21H,5-7H2,1-4H3,(H2,15,17,18)/t9-,10-/m1/s1. The number of nitrogen functional groups attached to an aromatic ring is 1. The van der Waals surface area contributed by atoms with Crippen molar-refractivity contribution in [3.8, 4) is 0 Å². The van der Waals surface area contributed by atoms with E-state index in [4.69, 9.17) is 10.8 Å². The summed E-state index contributed by atoms with van der Waals surface area (Å²) in [6.07, 6.45) is 3.55. The Balaban J connectivity index is 2.37. The van der Waals surface area contributed by atoms with Gasteiger partial charge >= 0.3 is 0 Å². The molecule has 0 saturated carbocycles. The Bertz CT molecular complexity index is 609. The Hall–Kier alpha value is -1.89. The maximum atomic E-state index is 9.02. The molecule has 0 aliphatic heterocycles. The third-order valence-electron chi connectivity index (χ3n) is 3.68. The predicted octanol–water partition coefficient (Wildman–Crippen LogP) is 1.44. The van der Waals surface area contributed by atoms with Crippen molar-refractivity contribution < 1.29 is 5.11 Å². The number of hydrogen-bond donors (Lipinski definition) is 2. The summed E-state index contributed by atoms with van der Waals surface area (Å²) in [4.78, 5) is 14.9. The number of fused-ring (bicyclic) bond motifs is 1. The first-order valence-electron chi connectivity index (χ1n) is 7.22. The highest BCUT2D eigenvalue weighted by Crippen LogP contribution is 2.27. The molecule has 0 aliphatic carbocycles. The van der Waals surface area contributed by atoms with Crippen molar-refractivity contribution in [3.63, 3.8) is 0 Å². The Labute approximate surface area is 124 Å². The van der Waals surface area contributed by atoms with Gasteiger partial charge in [-0.2, -0.15) is 9.97 Å². The van der Waals surface area contributed by atoms with Crippen LogP contribution in [0.2, 0.25) is 0 Å². The second-order valence-corrected chi connectivity index (χ2v) is 5.83. The van der Waals surface area contributed by atoms with E-state index < -0.39 is 0 Å². The maximum Gasteiger partial charge on any atom is 0.224 e. The van der Waals surface area contributed by atoms with Crippen molar-refractivity contribution >= 4 is 22.9 Å². The first-order chi connectivity index (χ1) is 9.93. The van der Waals surface area contributed by atoms with Gasteiger partial charge in [-0.3, -0.25) is 0 Å². The molecule has 2 rings (SSSR count). The average molecular weight is 292 g/mol. The number of hydrogen-bond acceptors (Lipinski definition) is 6. The molecular weight excluding hydrogens is 268 g/mol. The van der Waals surface area contributed by atoms with E-state index in [2.05, 4.69) is 28.8 Å². The van der Waals surface area contributed by atoms with Crippen molar-refractivity contribution in [3.05, 3.63) is 6.33 Å². The van der Waals surface area contributed by atoms with Gasteiger partial charge < -0.3 is 20.3 Å². The minimum Gasteiger partial charge on any atom is -0.396 e. The Morgan fingerprint density at radius 3 is 2.67 bits per heavy atom. The van der Waals surface area contributed by atoms with Gasteiger partial charge in [-0.05, 0) is 25.7 Å². The maximum absolute atomic E-state index is 9.02. The lowest BCUT2D eigenvalue weighted by Gasteiger charge is -2.18. The second-order valence-electron chi connectivity index (χ2n) is 5.83. The van der Waals surface area contributed by atoms with Crippen molar-refractivity contribution in [2.75, 3.05) is 31.3 Å². The fraction of sp³-hybridized carbons (Fsp3) is 0.643. The number of nitrogens with zero attached hydrogens (tertiary/aromatic N) is 5. The molecule has 0 amide bonds. The first kappa shape index (κ1) is 15.5. The van der Waals surface area contributed by atoms with E-state index in [0.717, 1.165) is 29.8 Å². The van der Waals surface area contributed by atoms with Crippen molar-refractivity contribution in [1.29, 1.82) is 0 Å². The lowest BCUT2D eigenvalue weighted by Crippen LogP contribution is -2.14. The van der Waals surface area contributed by atoms with Crippen LogP contribution in [0.25, 0.3) is 11.2 Å². The molecule has 0 fully saturated rings. The highest BCUT2D eigenvalue weighted by atomic mass is 16.3. The molecule has 3 N–H and O–H groups in total. The molecular formula is C14H24N6O. The smallest absolute Gasteiger partial charge is 0.224 e. The molecule has 7 nitrogen and oxygen atoms in total. The summed E-state index contributed by atoms with van der Waals surface area (Å²) in [5, 5.41) is 9.02. The molecule has 2 atom stereocenters. The predicted molar refractivity (Wildman–Crippen MR) is 84.3 cm³/mol. The van der Waals surface area contributed by atoms with Gasteiger partial charge in [0.2, 0.25) is 5.95 Å². The number of aromatic nitrogens is 4. The largest absolute Gasteiger partial charge is 0.396 e. The van der Waals surface area contributed by atoms with Crippen LogP contribution in [-0.4, -0.2) is 45.3 Å². The van der Waals surface area contributed by atoms with Crippen LogP contribution < -0.4 is 10.6 Å². The lowest BCUT2D eigenvalue weighted by molar-refractivity contribution is 0.249. The second kappa shape index (κ2) is 6.26. The molecule has 2 aromatic heterocycles. The third-order valence-corrected chi connectivity index (χ3v) is 3.68. The number of anilines is 2. The zero-order valence-electron chi connectivity index (χ0n) is 13.1. The highest BCUT2D eigenvalue weighted by Gasteiger charge is 2.18. The molecule has 0 saturated heterocycles. The van der Waals surface area contributed by atoms with E-state index in [1.54, 1.807) is 6.33 Å². The van der Waals surface area contributed by atoms with E-state index in [9.17, 15) is 0 Å². The topological polar surface area (TPSA) is 93.1 Å². The van der Waals surface area contributed by atoms with Gasteiger partial charge in [0.1, 0.15) is 0 Å². The van der Waals surface area contributed by atoms with Crippen LogP contribution in [0.5, 0.6) is 0 Å². The monoisotopic (exact) mass is 292 g/mol. The lowest BCUT2D eigenvalue weighted by atomic mass is 10.00. The van der Waals surface area contributed by atoms with E-state index in [0.29, 0.717) is 5.92 Å². The zero-order chi connectivity index (χ0) is 15.6. The summed E-state index contributed by atoms with van der Waals surface area (Å²) in [5.41, 5.74) is 7.34. The minimum absolute atomic E-state index is 0.221. The molecule has 0 aromatic carbocycles. The number of aliphatic hydroxyl groups is 1. The van der Waals surface area contributed by atoms with Crippen molar-refractivity contribution in [2.45, 2.75) is 32.7 Å². The molecule has 0 aliphatic rings. The Morgan fingerprint density at radius 1 is 1.33 bits per heavy atom. The first-order valence-corrected chi connectivity index (χ1v) is 7.22. The number of aliphatic hydroxyl groups excluding tert-OH is 1. The molecule has 2 heterocycles. The van der Waals surface area contributed by atoms with Crippen LogP contribution in [0, 0.1) is 5.92 Å². The van der Waals surface area contributed by atoms with Crippen LogP contribution in [0.1, 0.15) is 32.7 Å². The van der Waals surface area contributed by atoms with E-state index in [1.165, 1.54) is 0 Å². The Kier molecular flexibility index (Phi) is 4.62. The number of imidazole rings is 1. The van der Waals surface area contributed by atoms with Crippen molar-refractivity contribution in [1.82, 2.24) is 19.5 Å². The summed E-state index contributed by atoms with van der Waals surface area (Å²) < 4.78 is 2.04. The van der Waals surface area contributed by atoms with Crippen LogP contribution >= 0.6 is 0 Å². The zero-order valence-corrected chi connectivity index (χ0v) is 13.1. The van der Waals surface area contributed by atoms with Crippen LogP contribution in [0.3, 0.4) is 0 Å². The van der Waals surface area contributed by atoms with Gasteiger partial charge in [0.25, 0.3) is 0 Å².